The fourth-order valence-corrected chi connectivity index (χ4v) is 2.49. The summed E-state index contributed by atoms with van der Waals surface area (Å²) in [5.41, 5.74) is 8.89. The van der Waals surface area contributed by atoms with Crippen LogP contribution in [-0.4, -0.2) is 16.9 Å². The number of ketones is 1. The summed E-state index contributed by atoms with van der Waals surface area (Å²) in [4.78, 5) is 12.0. The largest absolute Gasteiger partial charge is 0.324 e. The Hall–Kier alpha value is -2.89. The Balaban J connectivity index is 2.70. The molecule has 1 heterocycles. The third-order valence-corrected chi connectivity index (χ3v) is 3.48. The molecule has 5 heteroatoms. The highest BCUT2D eigenvalue weighted by atomic mass is 16.1. The molecule has 0 aliphatic heterocycles. The van der Waals surface area contributed by atoms with E-state index in [9.17, 15) is 10.1 Å². The SMILES string of the molecule is Cc1c(C#N)c(C(=O)CN)c(C)n1-c1ccc(C#N)cc1. The van der Waals surface area contributed by atoms with Gasteiger partial charge in [0.05, 0.1) is 29.3 Å². The van der Waals surface area contributed by atoms with Crippen molar-refractivity contribution in [3.8, 4) is 17.8 Å². The van der Waals surface area contributed by atoms with Gasteiger partial charge in [0.15, 0.2) is 5.78 Å². The minimum absolute atomic E-state index is 0.133. The number of nitrogens with zero attached hydrogens (tertiary/aromatic N) is 3. The van der Waals surface area contributed by atoms with Gasteiger partial charge in [-0.2, -0.15) is 10.5 Å². The Bertz CT molecular complexity index is 786. The lowest BCUT2D eigenvalue weighted by Gasteiger charge is -2.09. The zero-order chi connectivity index (χ0) is 15.6. The van der Waals surface area contributed by atoms with Crippen LogP contribution in [0.4, 0.5) is 0 Å². The first kappa shape index (κ1) is 14.5. The van der Waals surface area contributed by atoms with Gasteiger partial charge in [-0.05, 0) is 38.1 Å². The average molecular weight is 278 g/mol. The van der Waals surface area contributed by atoms with Crippen molar-refractivity contribution in [1.29, 1.82) is 10.5 Å². The van der Waals surface area contributed by atoms with Gasteiger partial charge >= 0.3 is 0 Å². The minimum atomic E-state index is -0.250. The maximum absolute atomic E-state index is 12.0. The van der Waals surface area contributed by atoms with Crippen LogP contribution in [0.5, 0.6) is 0 Å². The van der Waals surface area contributed by atoms with Gasteiger partial charge in [-0.15, -0.1) is 0 Å². The Morgan fingerprint density at radius 2 is 1.76 bits per heavy atom. The summed E-state index contributed by atoms with van der Waals surface area (Å²) >= 11 is 0. The first-order chi connectivity index (χ1) is 10.0. The lowest BCUT2D eigenvalue weighted by molar-refractivity contribution is 0.100. The third-order valence-electron chi connectivity index (χ3n) is 3.48. The second-order valence-electron chi connectivity index (χ2n) is 4.65. The molecule has 0 radical (unpaired) electrons. The Labute approximate surface area is 122 Å². The minimum Gasteiger partial charge on any atom is -0.324 e. The summed E-state index contributed by atoms with van der Waals surface area (Å²) < 4.78 is 1.84. The van der Waals surface area contributed by atoms with E-state index in [4.69, 9.17) is 11.0 Å². The zero-order valence-corrected chi connectivity index (χ0v) is 11.8. The molecule has 0 atom stereocenters. The fourth-order valence-electron chi connectivity index (χ4n) is 2.49. The molecule has 2 N–H and O–H groups in total. The van der Waals surface area contributed by atoms with Crippen LogP contribution in [0.25, 0.3) is 5.69 Å². The maximum Gasteiger partial charge on any atom is 0.179 e. The van der Waals surface area contributed by atoms with Crippen LogP contribution in [0.15, 0.2) is 24.3 Å². The van der Waals surface area contributed by atoms with Crippen LogP contribution in [0.2, 0.25) is 0 Å². The molecule has 0 aliphatic carbocycles. The molecule has 104 valence electrons. The first-order valence-electron chi connectivity index (χ1n) is 6.41. The first-order valence-corrected chi connectivity index (χ1v) is 6.41. The van der Waals surface area contributed by atoms with Crippen LogP contribution in [0.3, 0.4) is 0 Å². The number of hydrogen-bond donors (Lipinski definition) is 1. The number of Topliss-reactive ketones (excluding diaryl/α,β-unsaturated/α-hetero) is 1. The molecule has 2 aromatic rings. The highest BCUT2D eigenvalue weighted by Gasteiger charge is 2.22. The van der Waals surface area contributed by atoms with E-state index in [0.717, 1.165) is 5.69 Å². The molecule has 0 amide bonds. The van der Waals surface area contributed by atoms with Gasteiger partial charge in [-0.3, -0.25) is 4.79 Å². The molecular formula is C16H14N4O. The van der Waals surface area contributed by atoms with Crippen molar-refractivity contribution >= 4 is 5.78 Å². The molecule has 1 aromatic heterocycles. The van der Waals surface area contributed by atoms with E-state index in [1.807, 2.05) is 4.57 Å². The molecule has 2 rings (SSSR count). The van der Waals surface area contributed by atoms with Crippen LogP contribution in [-0.2, 0) is 0 Å². The summed E-state index contributed by atoms with van der Waals surface area (Å²) in [7, 11) is 0. The van der Waals surface area contributed by atoms with E-state index >= 15 is 0 Å². The lowest BCUT2D eigenvalue weighted by Crippen LogP contribution is -2.15. The summed E-state index contributed by atoms with van der Waals surface area (Å²) in [6, 6.07) is 11.1. The van der Waals surface area contributed by atoms with Crippen LogP contribution in [0, 0.1) is 36.5 Å². The van der Waals surface area contributed by atoms with Crippen molar-refractivity contribution in [2.45, 2.75) is 13.8 Å². The highest BCUT2D eigenvalue weighted by Crippen LogP contribution is 2.26. The number of nitriles is 2. The summed E-state index contributed by atoms with van der Waals surface area (Å²) in [6.45, 7) is 3.44. The number of nitrogens with two attached hydrogens (primary N) is 1. The number of hydrogen-bond acceptors (Lipinski definition) is 4. The molecule has 0 unspecified atom stereocenters. The van der Waals surface area contributed by atoms with Gasteiger partial charge < -0.3 is 10.3 Å². The van der Waals surface area contributed by atoms with E-state index in [0.29, 0.717) is 28.1 Å². The van der Waals surface area contributed by atoms with Crippen molar-refractivity contribution < 1.29 is 4.79 Å². The van der Waals surface area contributed by atoms with Crippen LogP contribution in [0.1, 0.15) is 32.9 Å². The number of rotatable bonds is 3. The van der Waals surface area contributed by atoms with Crippen molar-refractivity contribution in [3.05, 3.63) is 52.3 Å². The summed E-state index contributed by atoms with van der Waals surface area (Å²) in [5, 5.41) is 18.2. The van der Waals surface area contributed by atoms with Crippen molar-refractivity contribution in [1.82, 2.24) is 4.57 Å². The van der Waals surface area contributed by atoms with E-state index in [1.165, 1.54) is 0 Å². The van der Waals surface area contributed by atoms with Crippen LogP contribution < -0.4 is 5.73 Å². The lowest BCUT2D eigenvalue weighted by atomic mass is 10.1. The van der Waals surface area contributed by atoms with Gasteiger partial charge in [-0.1, -0.05) is 0 Å². The molecule has 5 nitrogen and oxygen atoms in total. The molecular weight excluding hydrogens is 264 g/mol. The number of benzene rings is 1. The molecule has 1 aromatic carbocycles. The monoisotopic (exact) mass is 278 g/mol. The smallest absolute Gasteiger partial charge is 0.179 e. The third kappa shape index (κ3) is 2.31. The van der Waals surface area contributed by atoms with Gasteiger partial charge in [0.2, 0.25) is 0 Å². The standard InChI is InChI=1S/C16H14N4O/c1-10-14(8-18)16(15(21)9-19)11(2)20(10)13-5-3-12(7-17)4-6-13/h3-6H,9,19H2,1-2H3. The van der Waals surface area contributed by atoms with E-state index in [1.54, 1.807) is 38.1 Å². The molecule has 0 saturated heterocycles. The van der Waals surface area contributed by atoms with Crippen LogP contribution >= 0.6 is 0 Å². The second-order valence-corrected chi connectivity index (χ2v) is 4.65. The van der Waals surface area contributed by atoms with E-state index < -0.39 is 0 Å². The van der Waals surface area contributed by atoms with E-state index in [2.05, 4.69) is 12.1 Å². The molecule has 0 bridgehead atoms. The van der Waals surface area contributed by atoms with Gasteiger partial charge in [-0.25, -0.2) is 0 Å². The summed E-state index contributed by atoms with van der Waals surface area (Å²) in [5.74, 6) is -0.250. The Kier molecular flexibility index (Phi) is 3.89. The molecule has 0 saturated carbocycles. The molecule has 21 heavy (non-hydrogen) atoms. The van der Waals surface area contributed by atoms with Gasteiger partial charge in [0, 0.05) is 17.1 Å². The topological polar surface area (TPSA) is 95.6 Å². The van der Waals surface area contributed by atoms with Gasteiger partial charge in [0.1, 0.15) is 6.07 Å². The quantitative estimate of drug-likeness (QED) is 0.868. The number of carbonyl (C=O) groups excluding carboxylic acids is 1. The van der Waals surface area contributed by atoms with Crippen molar-refractivity contribution in [2.24, 2.45) is 5.73 Å². The average Bonchev–Trinajstić information content (AvgIpc) is 2.77. The van der Waals surface area contributed by atoms with Crippen molar-refractivity contribution in [3.63, 3.8) is 0 Å². The Morgan fingerprint density at radius 1 is 1.14 bits per heavy atom. The maximum atomic E-state index is 12.0. The number of carbonyl (C=O) groups is 1. The zero-order valence-electron chi connectivity index (χ0n) is 11.8. The molecule has 0 aliphatic rings. The Morgan fingerprint density at radius 3 is 2.24 bits per heavy atom. The predicted molar refractivity (Wildman–Crippen MR) is 78.1 cm³/mol. The van der Waals surface area contributed by atoms with Gasteiger partial charge in [0.25, 0.3) is 0 Å². The fraction of sp³-hybridized carbons (Fsp3) is 0.188. The predicted octanol–water partition coefficient (Wildman–Crippen LogP) is 1.98. The second kappa shape index (κ2) is 5.62. The van der Waals surface area contributed by atoms with E-state index in [-0.39, 0.29) is 12.3 Å². The molecule has 0 spiro atoms. The number of aromatic nitrogens is 1. The molecule has 0 fully saturated rings. The van der Waals surface area contributed by atoms with Crippen molar-refractivity contribution in [2.75, 3.05) is 6.54 Å². The highest BCUT2D eigenvalue weighted by molar-refractivity contribution is 6.01. The summed E-state index contributed by atoms with van der Waals surface area (Å²) in [6.07, 6.45) is 0. The normalized spacial score (nSPS) is 9.95.